The normalized spacial score (nSPS) is 16.7. The third-order valence-corrected chi connectivity index (χ3v) is 15.9. The van der Waals surface area contributed by atoms with Crippen LogP contribution in [0.1, 0.15) is 76.5 Å². The summed E-state index contributed by atoms with van der Waals surface area (Å²) < 4.78 is 116. The van der Waals surface area contributed by atoms with Gasteiger partial charge in [-0.15, -0.1) is 0 Å². The molecule has 4 aromatic rings. The average Bonchev–Trinajstić information content (AvgIpc) is 3.34. The first kappa shape index (κ1) is 64.9. The Labute approximate surface area is 442 Å². The molecule has 0 aliphatic carbocycles. The Kier molecular flexibility index (Phi) is 21.2. The Hall–Kier alpha value is -3.92. The number of benzene rings is 4. The fourth-order valence-corrected chi connectivity index (χ4v) is 9.71. The molecule has 4 aromatic carbocycles. The maximum atomic E-state index is 14.5. The van der Waals surface area contributed by atoms with E-state index in [-0.39, 0.29) is 114 Å². The van der Waals surface area contributed by atoms with E-state index in [9.17, 15) is 113 Å². The molecule has 32 heteroatoms. The van der Waals surface area contributed by atoms with Gasteiger partial charge < -0.3 is 39.1 Å². The van der Waals surface area contributed by atoms with Crippen LogP contribution >= 0.6 is 31.8 Å². The lowest BCUT2D eigenvalue weighted by molar-refractivity contribution is -0.444. The zero-order valence-electron chi connectivity index (χ0n) is 40.4. The Balaban J connectivity index is 1.52. The van der Waals surface area contributed by atoms with Crippen molar-refractivity contribution < 1.29 is 113 Å². The first-order valence-electron chi connectivity index (χ1n) is 23.0. The van der Waals surface area contributed by atoms with Crippen molar-refractivity contribution in [3.8, 4) is 0 Å². The second-order valence-electron chi connectivity index (χ2n) is 18.2. The third kappa shape index (κ3) is 16.2. The van der Waals surface area contributed by atoms with Crippen LogP contribution in [0, 0.1) is 0 Å². The zero-order valence-corrected chi connectivity index (χ0v) is 44.0. The maximum absolute atomic E-state index is 14.5. The number of nitrogens with zero attached hydrogens (tertiary/aromatic N) is 4. The largest absolute Gasteiger partial charge is 0.683 e. The van der Waals surface area contributed by atoms with Gasteiger partial charge >= 0.3 is 38.5 Å². The van der Waals surface area contributed by atoms with Gasteiger partial charge in [-0.25, -0.2) is 19.6 Å². The van der Waals surface area contributed by atoms with Gasteiger partial charge in [-0.1, -0.05) is 88.7 Å². The highest BCUT2D eigenvalue weighted by Gasteiger charge is 2.61. The average molecular weight is 1190 g/mol. The second kappa shape index (κ2) is 25.5. The van der Waals surface area contributed by atoms with Crippen LogP contribution < -0.4 is 39.1 Å². The number of rotatable bonds is 20. The molecule has 0 spiro atoms. The molecule has 1 fully saturated rings. The van der Waals surface area contributed by atoms with Crippen molar-refractivity contribution >= 4 is 54.9 Å². The number of halogens is 8. The van der Waals surface area contributed by atoms with Gasteiger partial charge in [-0.3, -0.25) is 38.8 Å². The topological polar surface area (TPSA) is 347 Å². The fourth-order valence-electron chi connectivity index (χ4n) is 8.17. The molecule has 428 valence electrons. The molecular weight excluding hydrogens is 1140 g/mol. The number of carbonyl (C=O) groups excluding carboxylic acids is 4. The Morgan fingerprint density at radius 3 is 0.769 bits per heavy atom. The van der Waals surface area contributed by atoms with Gasteiger partial charge in [0.2, 0.25) is 0 Å². The van der Waals surface area contributed by atoms with Gasteiger partial charge in [0, 0.05) is 74.6 Å². The molecule has 0 saturated carbocycles. The van der Waals surface area contributed by atoms with Crippen molar-refractivity contribution in [1.82, 2.24) is 19.6 Å². The first-order chi connectivity index (χ1) is 35.9. The molecule has 78 heavy (non-hydrogen) atoms. The number of hydrogen-bond acceptors (Lipinski definition) is 20. The standard InChI is InChI=1S/C46H52F8N4O16P4/c47-43(48,75(63,64)65)39(59)35-11-1-7-31(23-35)27-55-15-5-16-57(29-33-9-3-13-37(25-33)41(61)45(51,52)77(69,70)71)21-22-58(30-34-10-4-14-38(26-34)42(62)46(53,54)78(72,73)74)18-6-17-56(20-19-55)28-32-8-2-12-36(24-32)40(60)44(49,50)76(66,67)68/h1-4,7-14,23-26H,5-6,15-22,27-30H2,(H2,63,64,65)(H2,66,67,68)(H2,69,70,71)(H2,72,73,74)/p-4. The summed E-state index contributed by atoms with van der Waals surface area (Å²) in [6.07, 6.45) is 0.363. The molecule has 0 unspecified atom stereocenters. The molecular formula is C46H48F8N4O16P4-4. The van der Waals surface area contributed by atoms with E-state index in [1.807, 2.05) is 0 Å². The monoisotopic (exact) mass is 1190 g/mol. The lowest BCUT2D eigenvalue weighted by atomic mass is 10.1. The van der Waals surface area contributed by atoms with Crippen molar-refractivity contribution in [1.29, 1.82) is 0 Å². The van der Waals surface area contributed by atoms with E-state index in [1.54, 1.807) is 19.6 Å². The van der Waals surface area contributed by atoms with E-state index in [4.69, 9.17) is 0 Å². The highest BCUT2D eigenvalue weighted by molar-refractivity contribution is 7.60. The lowest BCUT2D eigenvalue weighted by Crippen LogP contribution is -2.49. The van der Waals surface area contributed by atoms with Crippen molar-refractivity contribution in [3.05, 3.63) is 142 Å². The zero-order chi connectivity index (χ0) is 58.5. The molecule has 0 aromatic heterocycles. The summed E-state index contributed by atoms with van der Waals surface area (Å²) in [6, 6.07) is 17.7. The minimum atomic E-state index is -6.77. The van der Waals surface area contributed by atoms with Gasteiger partial charge in [0.25, 0.3) is 23.1 Å². The van der Waals surface area contributed by atoms with Crippen LogP contribution in [-0.4, -0.2) is 137 Å². The van der Waals surface area contributed by atoms with Gasteiger partial charge in [0.05, 0.1) is 0 Å². The molecule has 0 radical (unpaired) electrons. The second-order valence-corrected chi connectivity index (χ2v) is 24.6. The van der Waals surface area contributed by atoms with E-state index in [2.05, 4.69) is 0 Å². The summed E-state index contributed by atoms with van der Waals surface area (Å²) in [5, 5.41) is 0. The summed E-state index contributed by atoms with van der Waals surface area (Å²) in [4.78, 5) is 185. The minimum absolute atomic E-state index is 0.0403. The summed E-state index contributed by atoms with van der Waals surface area (Å²) >= 11 is 0. The fraction of sp³-hybridized carbons (Fsp3) is 0.391. The first-order valence-corrected chi connectivity index (χ1v) is 29.3. The van der Waals surface area contributed by atoms with Gasteiger partial charge in [0.1, 0.15) is 0 Å². The maximum Gasteiger partial charge on any atom is 0.466 e. The van der Waals surface area contributed by atoms with E-state index >= 15 is 0 Å². The molecule has 0 bridgehead atoms. The van der Waals surface area contributed by atoms with Crippen molar-refractivity contribution in [2.75, 3.05) is 52.4 Å². The Bertz CT molecular complexity index is 2420. The van der Waals surface area contributed by atoms with Crippen molar-refractivity contribution in [2.24, 2.45) is 0 Å². The molecule has 4 N–H and O–H groups in total. The summed E-state index contributed by atoms with van der Waals surface area (Å²) in [6.45, 7) is 0.0405. The van der Waals surface area contributed by atoms with Gasteiger partial charge in [0.15, 0.2) is 0 Å². The number of Topliss-reactive ketones (excluding diaryl/α,β-unsaturated/α-hetero) is 4. The SMILES string of the molecule is O=C(c1cccc(CN2CCCN(Cc3cccc(C(=O)C(F)(F)[P+]([O-])(O)O)c3)CCN(Cc3cccc(C(=O)C(F)(F)[P+]([O-])(O)O)c3)CCCN(Cc3cccc(C(=O)C(F)(F)[P+]([O-])([O-])[O-])c3)CC2)c1)C(F)(F)[P+]([O-])([O-])[O-]. The quantitative estimate of drug-likeness (QED) is 0.0505. The smallest absolute Gasteiger partial charge is 0.466 e. The molecule has 1 aliphatic heterocycles. The predicted molar refractivity (Wildman–Crippen MR) is 250 cm³/mol. The van der Waals surface area contributed by atoms with Gasteiger partial charge in [-0.05, 0) is 85.5 Å². The van der Waals surface area contributed by atoms with E-state index in [0.717, 1.165) is 60.7 Å². The number of ketones is 4. The highest BCUT2D eigenvalue weighted by atomic mass is 31.2. The van der Waals surface area contributed by atoms with Crippen LogP contribution in [0.3, 0.4) is 0 Å². The molecule has 0 atom stereocenters. The van der Waals surface area contributed by atoms with Crippen molar-refractivity contribution in [2.45, 2.75) is 61.7 Å². The molecule has 1 saturated heterocycles. The predicted octanol–water partition coefficient (Wildman–Crippen LogP) is -0.207. The highest BCUT2D eigenvalue weighted by Crippen LogP contribution is 2.58. The van der Waals surface area contributed by atoms with Crippen molar-refractivity contribution in [3.63, 3.8) is 0 Å². The van der Waals surface area contributed by atoms with E-state index in [1.165, 1.54) is 36.4 Å². The van der Waals surface area contributed by atoms with E-state index < -0.39 is 99.8 Å². The van der Waals surface area contributed by atoms with Gasteiger partial charge in [-0.2, -0.15) is 35.1 Å². The van der Waals surface area contributed by atoms with Crippen LogP contribution in [0.25, 0.3) is 0 Å². The Morgan fingerprint density at radius 1 is 0.372 bits per heavy atom. The number of carbonyl (C=O) groups is 4. The van der Waals surface area contributed by atoms with Crippen LogP contribution in [0.2, 0.25) is 0 Å². The Morgan fingerprint density at radius 2 is 0.577 bits per heavy atom. The third-order valence-electron chi connectivity index (χ3n) is 12.3. The molecule has 0 amide bonds. The minimum Gasteiger partial charge on any atom is -0.683 e. The van der Waals surface area contributed by atoms with Crippen LogP contribution in [0.15, 0.2) is 97.1 Å². The molecule has 1 heterocycles. The number of hydrogen-bond donors (Lipinski definition) is 4. The molecule has 5 rings (SSSR count). The lowest BCUT2D eigenvalue weighted by Gasteiger charge is -2.45. The molecule has 20 nitrogen and oxygen atoms in total. The summed E-state index contributed by atoms with van der Waals surface area (Å²) in [5.74, 6) is -8.92. The number of alkyl halides is 8. The van der Waals surface area contributed by atoms with E-state index in [0.29, 0.717) is 0 Å². The summed E-state index contributed by atoms with van der Waals surface area (Å²) in [5.41, 5.74) is -23.2. The van der Waals surface area contributed by atoms with Crippen LogP contribution in [0.4, 0.5) is 35.1 Å². The van der Waals surface area contributed by atoms with Crippen LogP contribution in [-0.2, 0) is 26.2 Å². The summed E-state index contributed by atoms with van der Waals surface area (Å²) in [7, 11) is -26.1. The molecule has 1 aliphatic rings. The van der Waals surface area contributed by atoms with Crippen LogP contribution in [0.5, 0.6) is 0 Å².